The van der Waals surface area contributed by atoms with Gasteiger partial charge in [0.1, 0.15) is 17.2 Å². The van der Waals surface area contributed by atoms with Crippen LogP contribution in [0.2, 0.25) is 0 Å². The molecule has 33 heavy (non-hydrogen) atoms. The number of piperidine rings is 1. The molecule has 1 atom stereocenters. The fourth-order valence-corrected chi connectivity index (χ4v) is 4.99. The van der Waals surface area contributed by atoms with Crippen LogP contribution in [-0.4, -0.2) is 40.1 Å². The lowest BCUT2D eigenvalue weighted by Crippen LogP contribution is -2.36. The quantitative estimate of drug-likeness (QED) is 0.534. The van der Waals surface area contributed by atoms with E-state index in [1.165, 1.54) is 6.42 Å². The van der Waals surface area contributed by atoms with Crippen molar-refractivity contribution in [2.45, 2.75) is 52.2 Å². The van der Waals surface area contributed by atoms with Crippen LogP contribution in [0.25, 0.3) is 17.0 Å². The Labute approximate surface area is 194 Å². The molecule has 0 unspecified atom stereocenters. The zero-order chi connectivity index (χ0) is 23.1. The number of likely N-dealkylation sites (tertiary alicyclic amines) is 1. The van der Waals surface area contributed by atoms with E-state index in [9.17, 15) is 9.90 Å². The molecule has 6 nitrogen and oxygen atoms in total. The van der Waals surface area contributed by atoms with Gasteiger partial charge in [0.05, 0.1) is 18.2 Å². The van der Waals surface area contributed by atoms with Crippen molar-refractivity contribution in [2.75, 3.05) is 13.7 Å². The van der Waals surface area contributed by atoms with E-state index in [-0.39, 0.29) is 17.3 Å². The van der Waals surface area contributed by atoms with Gasteiger partial charge in [-0.25, -0.2) is 0 Å². The highest BCUT2D eigenvalue weighted by molar-refractivity contribution is 6.15. The third-order valence-electron chi connectivity index (χ3n) is 6.96. The first-order valence-electron chi connectivity index (χ1n) is 11.7. The van der Waals surface area contributed by atoms with Crippen molar-refractivity contribution in [3.8, 4) is 17.2 Å². The monoisotopic (exact) mass is 446 g/mol. The van der Waals surface area contributed by atoms with E-state index in [2.05, 4.69) is 23.3 Å². The predicted molar refractivity (Wildman–Crippen MR) is 129 cm³/mol. The van der Waals surface area contributed by atoms with Gasteiger partial charge in [-0.3, -0.25) is 9.69 Å². The highest BCUT2D eigenvalue weighted by Crippen LogP contribution is 2.41. The molecular formula is C27H30N2O4. The normalized spacial score (nSPS) is 19.8. The van der Waals surface area contributed by atoms with Gasteiger partial charge in [-0.05, 0) is 69.6 Å². The van der Waals surface area contributed by atoms with Crippen molar-refractivity contribution in [1.82, 2.24) is 9.47 Å². The van der Waals surface area contributed by atoms with Gasteiger partial charge in [-0.2, -0.15) is 0 Å². The summed E-state index contributed by atoms with van der Waals surface area (Å²) in [5.74, 6) is 1.55. The summed E-state index contributed by atoms with van der Waals surface area (Å²) in [5.41, 5.74) is 3.18. The van der Waals surface area contributed by atoms with Crippen molar-refractivity contribution < 1.29 is 19.4 Å². The molecule has 0 saturated carbocycles. The van der Waals surface area contributed by atoms with E-state index in [1.807, 2.05) is 24.4 Å². The highest BCUT2D eigenvalue weighted by Gasteiger charge is 2.32. The number of aromatic nitrogens is 1. The molecule has 3 heterocycles. The summed E-state index contributed by atoms with van der Waals surface area (Å²) in [6.45, 7) is 6.67. The van der Waals surface area contributed by atoms with Gasteiger partial charge in [0.15, 0.2) is 5.76 Å². The summed E-state index contributed by atoms with van der Waals surface area (Å²) in [5, 5.41) is 11.6. The topological polar surface area (TPSA) is 63.9 Å². The number of nitrogens with zero attached hydrogens (tertiary/aromatic N) is 2. The average molecular weight is 447 g/mol. The minimum atomic E-state index is -0.154. The highest BCUT2D eigenvalue weighted by atomic mass is 16.5. The third-order valence-corrected chi connectivity index (χ3v) is 6.96. The number of phenolic OH excluding ortho intramolecular Hbond substituents is 1. The molecule has 172 valence electrons. The van der Waals surface area contributed by atoms with Crippen LogP contribution in [0, 0.1) is 0 Å². The number of carbonyl (C=O) groups excluding carboxylic acids is 1. The molecule has 0 spiro atoms. The Bertz CT molecular complexity index is 1260. The van der Waals surface area contributed by atoms with E-state index in [1.54, 1.807) is 25.3 Å². The number of aromatic hydroxyl groups is 1. The van der Waals surface area contributed by atoms with Crippen molar-refractivity contribution in [2.24, 2.45) is 0 Å². The lowest BCUT2D eigenvalue weighted by atomic mass is 10.0. The third kappa shape index (κ3) is 3.78. The minimum Gasteiger partial charge on any atom is -0.507 e. The number of hydrogen-bond donors (Lipinski definition) is 1. The van der Waals surface area contributed by atoms with Crippen LogP contribution in [0.1, 0.15) is 54.6 Å². The average Bonchev–Trinajstić information content (AvgIpc) is 3.34. The van der Waals surface area contributed by atoms with Crippen LogP contribution in [0.5, 0.6) is 17.2 Å². The van der Waals surface area contributed by atoms with Gasteiger partial charge in [0, 0.05) is 41.8 Å². The van der Waals surface area contributed by atoms with Crippen molar-refractivity contribution in [1.29, 1.82) is 0 Å². The first-order valence-corrected chi connectivity index (χ1v) is 11.7. The van der Waals surface area contributed by atoms with Crippen LogP contribution in [0.15, 0.2) is 42.3 Å². The van der Waals surface area contributed by atoms with Crippen LogP contribution in [-0.2, 0) is 13.1 Å². The fourth-order valence-electron chi connectivity index (χ4n) is 4.99. The molecule has 3 aromatic rings. The Morgan fingerprint density at radius 1 is 1.24 bits per heavy atom. The number of carbonyl (C=O) groups is 1. The molecule has 5 rings (SSSR count). The zero-order valence-electron chi connectivity index (χ0n) is 19.4. The van der Waals surface area contributed by atoms with Crippen molar-refractivity contribution in [3.63, 3.8) is 0 Å². The second kappa shape index (κ2) is 8.60. The number of ether oxygens (including phenoxy) is 2. The molecule has 0 amide bonds. The lowest BCUT2D eigenvalue weighted by molar-refractivity contribution is 0.101. The van der Waals surface area contributed by atoms with E-state index < -0.39 is 0 Å². The van der Waals surface area contributed by atoms with Gasteiger partial charge in [0.25, 0.3) is 0 Å². The summed E-state index contributed by atoms with van der Waals surface area (Å²) in [6, 6.07) is 9.67. The number of fused-ring (bicyclic) bond motifs is 2. The molecule has 1 saturated heterocycles. The van der Waals surface area contributed by atoms with Gasteiger partial charge in [-0.15, -0.1) is 0 Å². The number of allylic oxidation sites excluding steroid dienone is 1. The molecule has 6 heteroatoms. The molecule has 0 radical (unpaired) electrons. The number of phenols is 1. The summed E-state index contributed by atoms with van der Waals surface area (Å²) in [7, 11) is 1.65. The summed E-state index contributed by atoms with van der Waals surface area (Å²) in [6.07, 6.45) is 7.36. The van der Waals surface area contributed by atoms with Crippen LogP contribution in [0.3, 0.4) is 0 Å². The molecule has 0 aliphatic carbocycles. The van der Waals surface area contributed by atoms with E-state index in [0.717, 1.165) is 48.1 Å². The van der Waals surface area contributed by atoms with E-state index in [0.29, 0.717) is 29.5 Å². The Balaban J connectivity index is 1.53. The number of methoxy groups -OCH3 is 1. The van der Waals surface area contributed by atoms with Crippen molar-refractivity contribution in [3.05, 3.63) is 59.0 Å². The lowest BCUT2D eigenvalue weighted by Gasteiger charge is -2.33. The number of benzene rings is 2. The summed E-state index contributed by atoms with van der Waals surface area (Å²) >= 11 is 0. The maximum atomic E-state index is 13.2. The predicted octanol–water partition coefficient (Wildman–Crippen LogP) is 5.37. The zero-order valence-corrected chi connectivity index (χ0v) is 19.4. The smallest absolute Gasteiger partial charge is 0.231 e. The van der Waals surface area contributed by atoms with Gasteiger partial charge >= 0.3 is 0 Å². The molecule has 0 bridgehead atoms. The molecule has 2 aliphatic heterocycles. The number of rotatable bonds is 5. The SMILES string of the molecule is CCn1cc(/C=C2\Oc3c(ccc(O)c3CN3CCCC[C@H]3C)C2=O)c2cc(OC)ccc21. The second-order valence-corrected chi connectivity index (χ2v) is 8.95. The van der Waals surface area contributed by atoms with Gasteiger partial charge in [-0.1, -0.05) is 6.42 Å². The van der Waals surface area contributed by atoms with Gasteiger partial charge in [0.2, 0.25) is 5.78 Å². The Hall–Kier alpha value is -3.25. The first-order chi connectivity index (χ1) is 16.0. The molecule has 1 N–H and O–H groups in total. The molecular weight excluding hydrogens is 416 g/mol. The van der Waals surface area contributed by atoms with Crippen molar-refractivity contribution >= 4 is 22.8 Å². The summed E-state index contributed by atoms with van der Waals surface area (Å²) in [4.78, 5) is 15.6. The molecule has 1 fully saturated rings. The standard InChI is InChI=1S/C27H30N2O4/c1-4-28-15-18(21-14-19(32-3)8-10-23(21)28)13-25-26(31)20-9-11-24(30)22(27(20)33-25)16-29-12-6-5-7-17(29)2/h8-11,13-15,17,30H,4-7,12,16H2,1-3H3/b25-13-/t17-/m1/s1. The largest absolute Gasteiger partial charge is 0.507 e. The number of hydrogen-bond acceptors (Lipinski definition) is 5. The van der Waals surface area contributed by atoms with Gasteiger partial charge < -0.3 is 19.1 Å². The van der Waals surface area contributed by atoms with E-state index in [4.69, 9.17) is 9.47 Å². The molecule has 2 aromatic carbocycles. The molecule has 1 aromatic heterocycles. The maximum absolute atomic E-state index is 13.2. The first kappa shape index (κ1) is 21.6. The van der Waals surface area contributed by atoms with Crippen LogP contribution < -0.4 is 9.47 Å². The number of aryl methyl sites for hydroxylation is 1. The van der Waals surface area contributed by atoms with E-state index >= 15 is 0 Å². The Morgan fingerprint density at radius 2 is 2.09 bits per heavy atom. The molecule has 2 aliphatic rings. The maximum Gasteiger partial charge on any atom is 0.231 e. The Morgan fingerprint density at radius 3 is 2.85 bits per heavy atom. The minimum absolute atomic E-state index is 0.154. The summed E-state index contributed by atoms with van der Waals surface area (Å²) < 4.78 is 13.7. The second-order valence-electron chi connectivity index (χ2n) is 8.95. The van der Waals surface area contributed by atoms with Crippen LogP contribution in [0.4, 0.5) is 0 Å². The Kier molecular flexibility index (Phi) is 5.62. The number of Topliss-reactive ketones (excluding diaryl/α,β-unsaturated/α-hetero) is 1. The fraction of sp³-hybridized carbons (Fsp3) is 0.370. The van der Waals surface area contributed by atoms with Crippen LogP contribution >= 0.6 is 0 Å². The number of ketones is 1.